The summed E-state index contributed by atoms with van der Waals surface area (Å²) < 4.78 is 21.9. The molecule has 1 heterocycles. The van der Waals surface area contributed by atoms with Crippen molar-refractivity contribution in [1.82, 2.24) is 4.67 Å². The average Bonchev–Trinajstić information content (AvgIpc) is 2.72. The van der Waals surface area contributed by atoms with Gasteiger partial charge >= 0.3 is 20.2 Å². The van der Waals surface area contributed by atoms with Crippen LogP contribution in [-0.4, -0.2) is 43.6 Å². The second-order valence-corrected chi connectivity index (χ2v) is 9.34. The van der Waals surface area contributed by atoms with E-state index in [-0.39, 0.29) is 37.4 Å². The van der Waals surface area contributed by atoms with Crippen molar-refractivity contribution in [2.45, 2.75) is 33.8 Å². The van der Waals surface area contributed by atoms with Crippen LogP contribution >= 0.6 is 8.09 Å². The Kier molecular flexibility index (Phi) is 8.16. The van der Waals surface area contributed by atoms with Gasteiger partial charge in [0.1, 0.15) is 19.8 Å². The van der Waals surface area contributed by atoms with Crippen LogP contribution < -0.4 is 4.89 Å². The zero-order valence-corrected chi connectivity index (χ0v) is 18.1. The largest absolute Gasteiger partial charge is 0.612 e. The number of esters is 1. The smallest absolute Gasteiger partial charge is 0.446 e. The van der Waals surface area contributed by atoms with Crippen LogP contribution in [0.4, 0.5) is 4.79 Å². The molecule has 0 aromatic heterocycles. The summed E-state index contributed by atoms with van der Waals surface area (Å²) in [5.41, 5.74) is 0.583. The van der Waals surface area contributed by atoms with Gasteiger partial charge in [0, 0.05) is 5.41 Å². The summed E-state index contributed by atoms with van der Waals surface area (Å²) in [5, 5.41) is 0. The Balaban J connectivity index is 2.23. The van der Waals surface area contributed by atoms with Gasteiger partial charge in [0.2, 0.25) is 0 Å². The fraction of sp³-hybridized carbons (Fsp3) is 0.500. The first kappa shape index (κ1) is 23.3. The summed E-state index contributed by atoms with van der Waals surface area (Å²) in [4.78, 5) is 38.2. The Bertz CT molecular complexity index is 726. The van der Waals surface area contributed by atoms with E-state index in [9.17, 15) is 14.5 Å². The molecule has 1 saturated heterocycles. The van der Waals surface area contributed by atoms with E-state index in [1.54, 1.807) is 18.2 Å². The van der Waals surface area contributed by atoms with Crippen molar-refractivity contribution in [2.75, 3.05) is 26.9 Å². The van der Waals surface area contributed by atoms with Crippen LogP contribution in [0, 0.1) is 5.41 Å². The molecule has 1 aromatic rings. The molecule has 0 N–H and O–H groups in total. The highest BCUT2D eigenvalue weighted by molar-refractivity contribution is 7.57. The molecule has 1 aliphatic rings. The number of ether oxygens (including phenoxy) is 2. The van der Waals surface area contributed by atoms with Gasteiger partial charge in [-0.15, -0.1) is 4.67 Å². The summed E-state index contributed by atoms with van der Waals surface area (Å²) >= 11 is 0. The summed E-state index contributed by atoms with van der Waals surface area (Å²) in [6.07, 6.45) is 1.22. The second kappa shape index (κ2) is 10.2. The predicted molar refractivity (Wildman–Crippen MR) is 106 cm³/mol. The van der Waals surface area contributed by atoms with E-state index in [0.29, 0.717) is 6.42 Å². The molecule has 29 heavy (non-hydrogen) atoms. The van der Waals surface area contributed by atoms with E-state index in [4.69, 9.17) is 18.5 Å². The number of nitrogens with zero attached hydrogens (tertiary/aromatic N) is 1. The third-order valence-corrected chi connectivity index (χ3v) is 5.97. The van der Waals surface area contributed by atoms with Crippen LogP contribution in [-0.2, 0) is 29.9 Å². The lowest BCUT2D eigenvalue weighted by Gasteiger charge is -2.41. The number of hydrogen-bond acceptors (Lipinski definition) is 7. The maximum absolute atomic E-state index is 13.3. The molecule has 2 rings (SSSR count). The SMILES string of the molecule is CC/C=C(/CN(C(=O)OCc1ccccc1)[P+]1([O-])OCC(C)(C)CO1)C(=O)OC. The van der Waals surface area contributed by atoms with E-state index in [1.807, 2.05) is 39.0 Å². The van der Waals surface area contributed by atoms with E-state index in [0.717, 1.165) is 10.2 Å². The first-order valence-corrected chi connectivity index (χ1v) is 10.9. The van der Waals surface area contributed by atoms with Gasteiger partial charge in [-0.1, -0.05) is 57.2 Å². The fourth-order valence-electron chi connectivity index (χ4n) is 2.53. The molecular weight excluding hydrogens is 397 g/mol. The number of methoxy groups -OCH3 is 1. The Labute approximate surface area is 172 Å². The predicted octanol–water partition coefficient (Wildman–Crippen LogP) is 3.25. The molecule has 9 heteroatoms. The van der Waals surface area contributed by atoms with Crippen LogP contribution in [0.2, 0.25) is 0 Å². The lowest BCUT2D eigenvalue weighted by Crippen LogP contribution is -2.46. The minimum Gasteiger partial charge on any atom is -0.612 e. The molecule has 1 amide bonds. The first-order chi connectivity index (χ1) is 13.7. The molecule has 8 nitrogen and oxygen atoms in total. The van der Waals surface area contributed by atoms with Crippen molar-refractivity contribution in [1.29, 1.82) is 0 Å². The number of allylic oxidation sites excluding steroid dienone is 1. The summed E-state index contributed by atoms with van der Waals surface area (Å²) in [6.45, 7) is 5.56. The number of carbonyl (C=O) groups excluding carboxylic acids is 2. The van der Waals surface area contributed by atoms with Gasteiger partial charge < -0.3 is 14.4 Å². The Morgan fingerprint density at radius 2 is 1.86 bits per heavy atom. The van der Waals surface area contributed by atoms with E-state index in [1.165, 1.54) is 7.11 Å². The number of carbonyl (C=O) groups is 2. The van der Waals surface area contributed by atoms with Gasteiger partial charge in [0.25, 0.3) is 0 Å². The number of benzene rings is 1. The van der Waals surface area contributed by atoms with Gasteiger partial charge in [-0.2, -0.15) is 9.05 Å². The molecule has 0 saturated carbocycles. The Morgan fingerprint density at radius 1 is 1.24 bits per heavy atom. The van der Waals surface area contributed by atoms with Crippen molar-refractivity contribution < 1.29 is 33.0 Å². The quantitative estimate of drug-likeness (QED) is 0.376. The third kappa shape index (κ3) is 6.51. The molecule has 0 aliphatic carbocycles. The molecule has 0 radical (unpaired) electrons. The van der Waals surface area contributed by atoms with Crippen LogP contribution in [0.1, 0.15) is 32.8 Å². The van der Waals surface area contributed by atoms with E-state index < -0.39 is 20.2 Å². The lowest BCUT2D eigenvalue weighted by molar-refractivity contribution is -0.246. The maximum Gasteiger partial charge on any atom is 0.446 e. The normalized spacial score (nSPS) is 18.0. The third-order valence-electron chi connectivity index (χ3n) is 4.17. The van der Waals surface area contributed by atoms with Gasteiger partial charge in [0.15, 0.2) is 0 Å². The van der Waals surface area contributed by atoms with Gasteiger partial charge in [-0.3, -0.25) is 0 Å². The van der Waals surface area contributed by atoms with Crippen molar-refractivity contribution in [3.05, 3.63) is 47.5 Å². The Hall–Kier alpha value is -1.99. The van der Waals surface area contributed by atoms with Crippen molar-refractivity contribution >= 4 is 20.2 Å². The number of amides is 1. The Morgan fingerprint density at radius 3 is 2.41 bits per heavy atom. The van der Waals surface area contributed by atoms with Crippen LogP contribution in [0.5, 0.6) is 0 Å². The number of hydrogen-bond donors (Lipinski definition) is 0. The van der Waals surface area contributed by atoms with Gasteiger partial charge in [-0.05, 0) is 12.0 Å². The molecule has 0 atom stereocenters. The van der Waals surface area contributed by atoms with Crippen molar-refractivity contribution in [2.24, 2.45) is 5.41 Å². The molecule has 0 bridgehead atoms. The van der Waals surface area contributed by atoms with E-state index in [2.05, 4.69) is 0 Å². The minimum atomic E-state index is -4.00. The maximum atomic E-state index is 13.3. The van der Waals surface area contributed by atoms with Crippen LogP contribution in [0.15, 0.2) is 42.0 Å². The standard InChI is InChI=1S/C20H28NO7P/c1-5-9-17(18(22)25-4)12-21(29(24)27-14-20(2,3)15-28-29)19(23)26-13-16-10-7-6-8-11-16/h6-11H,5,12-15H2,1-4H3/b17-9-. The number of rotatable bonds is 7. The molecule has 0 spiro atoms. The van der Waals surface area contributed by atoms with Gasteiger partial charge in [-0.25, -0.2) is 9.59 Å². The van der Waals surface area contributed by atoms with Crippen molar-refractivity contribution in [3.63, 3.8) is 0 Å². The fourth-order valence-corrected chi connectivity index (χ4v) is 4.49. The van der Waals surface area contributed by atoms with Crippen LogP contribution in [0.25, 0.3) is 0 Å². The average molecular weight is 425 g/mol. The van der Waals surface area contributed by atoms with E-state index >= 15 is 0 Å². The molecule has 1 aromatic carbocycles. The highest BCUT2D eigenvalue weighted by atomic mass is 31.2. The zero-order valence-electron chi connectivity index (χ0n) is 17.3. The monoisotopic (exact) mass is 425 g/mol. The van der Waals surface area contributed by atoms with Crippen LogP contribution in [0.3, 0.4) is 0 Å². The topological polar surface area (TPSA) is 97.4 Å². The molecular formula is C20H28NO7P. The van der Waals surface area contributed by atoms with Gasteiger partial charge in [0.05, 0.1) is 19.2 Å². The summed E-state index contributed by atoms with van der Waals surface area (Å²) in [7, 11) is -2.76. The minimum absolute atomic E-state index is 0.0211. The van der Waals surface area contributed by atoms with Crippen molar-refractivity contribution in [3.8, 4) is 0 Å². The molecule has 0 unspecified atom stereocenters. The highest BCUT2D eigenvalue weighted by Gasteiger charge is 2.50. The summed E-state index contributed by atoms with van der Waals surface area (Å²) in [6, 6.07) is 9.08. The zero-order chi connectivity index (χ0) is 21.5. The molecule has 1 aliphatic heterocycles. The lowest BCUT2D eigenvalue weighted by atomic mass is 9.97. The first-order valence-electron chi connectivity index (χ1n) is 9.36. The second-order valence-electron chi connectivity index (χ2n) is 7.41. The molecule has 160 valence electrons. The summed E-state index contributed by atoms with van der Waals surface area (Å²) in [5.74, 6) is -0.628. The molecule has 1 fully saturated rings. The highest BCUT2D eigenvalue weighted by Crippen LogP contribution is 2.60.